The highest BCUT2D eigenvalue weighted by molar-refractivity contribution is 5.90. The van der Waals surface area contributed by atoms with Gasteiger partial charge in [0.1, 0.15) is 5.82 Å². The third-order valence-electron chi connectivity index (χ3n) is 2.58. The Labute approximate surface area is 121 Å². The van der Waals surface area contributed by atoms with Gasteiger partial charge in [-0.15, -0.1) is 0 Å². The smallest absolute Gasteiger partial charge is 0.307 e. The maximum Gasteiger partial charge on any atom is 0.307 e. The second kappa shape index (κ2) is 9.04. The van der Waals surface area contributed by atoms with Gasteiger partial charge in [0.2, 0.25) is 5.91 Å². The first-order valence-electron chi connectivity index (χ1n) is 6.39. The lowest BCUT2D eigenvalue weighted by Crippen LogP contribution is -2.15. The van der Waals surface area contributed by atoms with Gasteiger partial charge >= 0.3 is 5.97 Å². The number of carbonyl (C=O) groups is 2. The molecule has 0 radical (unpaired) electrons. The van der Waals surface area contributed by atoms with E-state index in [0.717, 1.165) is 6.07 Å². The average Bonchev–Trinajstić information content (AvgIpc) is 2.41. The minimum Gasteiger partial charge on any atom is -0.481 e. The molecule has 1 aromatic rings. The van der Waals surface area contributed by atoms with E-state index in [1.807, 2.05) is 0 Å². The van der Waals surface area contributed by atoms with Crippen LogP contribution in [0.3, 0.4) is 0 Å². The van der Waals surface area contributed by atoms with Crippen molar-refractivity contribution in [2.45, 2.75) is 12.8 Å². The molecular formula is C14H18FNO5. The number of carboxylic acid groups (broad SMARTS) is 1. The largest absolute Gasteiger partial charge is 0.481 e. The summed E-state index contributed by atoms with van der Waals surface area (Å²) in [5, 5.41) is 11.1. The lowest BCUT2D eigenvalue weighted by molar-refractivity contribution is -0.136. The number of carboxylic acids is 1. The van der Waals surface area contributed by atoms with Gasteiger partial charge in [-0.25, -0.2) is 4.39 Å². The number of methoxy groups -OCH3 is 1. The molecule has 0 aliphatic heterocycles. The van der Waals surface area contributed by atoms with Gasteiger partial charge < -0.3 is 19.9 Å². The van der Waals surface area contributed by atoms with E-state index in [9.17, 15) is 14.0 Å². The maximum atomic E-state index is 13.6. The zero-order chi connectivity index (χ0) is 15.7. The Hall–Kier alpha value is -1.99. The van der Waals surface area contributed by atoms with Crippen LogP contribution in [0.5, 0.6) is 0 Å². The first-order valence-corrected chi connectivity index (χ1v) is 6.39. The second-order valence-corrected chi connectivity index (χ2v) is 4.28. The molecule has 0 saturated heterocycles. The van der Waals surface area contributed by atoms with Gasteiger partial charge in [0, 0.05) is 12.8 Å². The number of rotatable bonds is 9. The summed E-state index contributed by atoms with van der Waals surface area (Å²) in [5.41, 5.74) is 0.354. The van der Waals surface area contributed by atoms with Gasteiger partial charge in [-0.05, 0) is 17.7 Å². The Morgan fingerprint density at radius 1 is 1.29 bits per heavy atom. The summed E-state index contributed by atoms with van der Waals surface area (Å²) >= 11 is 0. The van der Waals surface area contributed by atoms with E-state index in [2.05, 4.69) is 5.32 Å². The molecule has 0 saturated carbocycles. The van der Waals surface area contributed by atoms with Crippen molar-refractivity contribution in [3.63, 3.8) is 0 Å². The van der Waals surface area contributed by atoms with E-state index in [4.69, 9.17) is 14.6 Å². The van der Waals surface area contributed by atoms with Gasteiger partial charge in [0.05, 0.1) is 32.7 Å². The molecule has 0 unspecified atom stereocenters. The lowest BCUT2D eigenvalue weighted by Gasteiger charge is -2.07. The van der Waals surface area contributed by atoms with Crippen molar-refractivity contribution in [1.29, 1.82) is 0 Å². The Morgan fingerprint density at radius 2 is 2.05 bits per heavy atom. The van der Waals surface area contributed by atoms with Crippen molar-refractivity contribution in [1.82, 2.24) is 0 Å². The molecule has 0 atom stereocenters. The van der Waals surface area contributed by atoms with E-state index in [0.29, 0.717) is 13.2 Å². The Bertz CT molecular complexity index is 492. The first-order chi connectivity index (χ1) is 10.0. The van der Waals surface area contributed by atoms with Crippen LogP contribution in [0.1, 0.15) is 12.0 Å². The van der Waals surface area contributed by atoms with Crippen LogP contribution in [0.4, 0.5) is 10.1 Å². The normalized spacial score (nSPS) is 10.4. The van der Waals surface area contributed by atoms with Crippen LogP contribution in [0.15, 0.2) is 18.2 Å². The third kappa shape index (κ3) is 6.82. The highest BCUT2D eigenvalue weighted by Crippen LogP contribution is 2.15. The van der Waals surface area contributed by atoms with Gasteiger partial charge in [0.25, 0.3) is 0 Å². The zero-order valence-electron chi connectivity index (χ0n) is 11.7. The lowest BCUT2D eigenvalue weighted by atomic mass is 10.1. The first kappa shape index (κ1) is 17.1. The molecular weight excluding hydrogens is 281 g/mol. The molecule has 0 aliphatic carbocycles. The molecule has 21 heavy (non-hydrogen) atoms. The van der Waals surface area contributed by atoms with Crippen LogP contribution in [-0.2, 0) is 25.5 Å². The third-order valence-corrected chi connectivity index (χ3v) is 2.58. The van der Waals surface area contributed by atoms with Gasteiger partial charge in [0.15, 0.2) is 0 Å². The number of anilines is 1. The standard InChI is InChI=1S/C14H18FNO5/c1-20-6-7-21-5-4-13(17)16-11-3-2-10(8-14(18)19)12(15)9-11/h2-3,9H,4-8H2,1H3,(H,16,17)(H,18,19). The molecule has 0 bridgehead atoms. The predicted molar refractivity (Wildman–Crippen MR) is 73.7 cm³/mol. The van der Waals surface area contributed by atoms with Crippen LogP contribution < -0.4 is 5.32 Å². The predicted octanol–water partition coefficient (Wildman–Crippen LogP) is 1.44. The number of benzene rings is 1. The van der Waals surface area contributed by atoms with Crippen molar-refractivity contribution in [3.8, 4) is 0 Å². The molecule has 6 nitrogen and oxygen atoms in total. The van der Waals surface area contributed by atoms with Gasteiger partial charge in [-0.2, -0.15) is 0 Å². The highest BCUT2D eigenvalue weighted by Gasteiger charge is 2.09. The van der Waals surface area contributed by atoms with E-state index in [1.165, 1.54) is 12.1 Å². The van der Waals surface area contributed by atoms with Crippen molar-refractivity contribution in [3.05, 3.63) is 29.6 Å². The van der Waals surface area contributed by atoms with Crippen molar-refractivity contribution >= 4 is 17.6 Å². The minimum atomic E-state index is -1.11. The Balaban J connectivity index is 2.42. The molecule has 0 spiro atoms. The summed E-state index contributed by atoms with van der Waals surface area (Å²) in [4.78, 5) is 22.1. The topological polar surface area (TPSA) is 84.9 Å². The number of aliphatic carboxylic acids is 1. The maximum absolute atomic E-state index is 13.6. The van der Waals surface area contributed by atoms with Crippen LogP contribution >= 0.6 is 0 Å². The highest BCUT2D eigenvalue weighted by atomic mass is 19.1. The number of amides is 1. The fourth-order valence-electron chi connectivity index (χ4n) is 1.56. The minimum absolute atomic E-state index is 0.0726. The van der Waals surface area contributed by atoms with Crippen molar-refractivity contribution in [2.24, 2.45) is 0 Å². The number of ether oxygens (including phenoxy) is 2. The fraction of sp³-hybridized carbons (Fsp3) is 0.429. The molecule has 7 heteroatoms. The zero-order valence-corrected chi connectivity index (χ0v) is 11.7. The molecule has 2 N–H and O–H groups in total. The van der Waals surface area contributed by atoms with E-state index in [-0.39, 0.29) is 30.2 Å². The summed E-state index contributed by atoms with van der Waals surface area (Å²) in [5.74, 6) is -2.08. The van der Waals surface area contributed by atoms with E-state index in [1.54, 1.807) is 7.11 Å². The summed E-state index contributed by atoms with van der Waals surface area (Å²) in [6, 6.07) is 3.90. The monoisotopic (exact) mass is 299 g/mol. The molecule has 1 rings (SSSR count). The molecule has 0 fully saturated rings. The van der Waals surface area contributed by atoms with Gasteiger partial charge in [-0.1, -0.05) is 6.07 Å². The number of nitrogens with one attached hydrogen (secondary N) is 1. The van der Waals surface area contributed by atoms with Gasteiger partial charge in [-0.3, -0.25) is 9.59 Å². The number of hydrogen-bond acceptors (Lipinski definition) is 4. The van der Waals surface area contributed by atoms with E-state index >= 15 is 0 Å². The van der Waals surface area contributed by atoms with Crippen molar-refractivity contribution < 1.29 is 28.6 Å². The number of halogens is 1. The van der Waals surface area contributed by atoms with Crippen molar-refractivity contribution in [2.75, 3.05) is 32.2 Å². The fourth-order valence-corrected chi connectivity index (χ4v) is 1.56. The second-order valence-electron chi connectivity index (χ2n) is 4.28. The van der Waals surface area contributed by atoms with Crippen LogP contribution in [0, 0.1) is 5.82 Å². The Morgan fingerprint density at radius 3 is 2.67 bits per heavy atom. The summed E-state index contributed by atoms with van der Waals surface area (Å²) < 4.78 is 23.5. The Kier molecular flexibility index (Phi) is 7.34. The summed E-state index contributed by atoms with van der Waals surface area (Å²) in [7, 11) is 1.55. The van der Waals surface area contributed by atoms with Crippen LogP contribution in [-0.4, -0.2) is 43.9 Å². The molecule has 0 aliphatic rings. The van der Waals surface area contributed by atoms with Crippen LogP contribution in [0.25, 0.3) is 0 Å². The van der Waals surface area contributed by atoms with Crippen LogP contribution in [0.2, 0.25) is 0 Å². The molecule has 0 heterocycles. The summed E-state index contributed by atoms with van der Waals surface area (Å²) in [6.45, 7) is 1.11. The average molecular weight is 299 g/mol. The molecule has 1 aromatic carbocycles. The molecule has 0 aromatic heterocycles. The quantitative estimate of drug-likeness (QED) is 0.674. The number of hydrogen-bond donors (Lipinski definition) is 2. The van der Waals surface area contributed by atoms with E-state index < -0.39 is 18.2 Å². The summed E-state index contributed by atoms with van der Waals surface area (Å²) in [6.07, 6.45) is -0.254. The SMILES string of the molecule is COCCOCCC(=O)Nc1ccc(CC(=O)O)c(F)c1. The molecule has 116 valence electrons. The number of carbonyl (C=O) groups excluding carboxylic acids is 1. The molecule has 1 amide bonds.